The Balaban J connectivity index is 2.01. The van der Waals surface area contributed by atoms with Crippen molar-refractivity contribution in [3.63, 3.8) is 0 Å². The Hall–Kier alpha value is -0.890. The topological polar surface area (TPSA) is 96.3 Å². The number of nitrogens with one attached hydrogen (secondary N) is 1. The molecule has 0 aromatic rings. The van der Waals surface area contributed by atoms with Crippen molar-refractivity contribution in [2.75, 3.05) is 26.7 Å². The summed E-state index contributed by atoms with van der Waals surface area (Å²) in [5.41, 5.74) is 0. The first-order valence-corrected chi connectivity index (χ1v) is 6.75. The molecule has 0 saturated carbocycles. The van der Waals surface area contributed by atoms with Gasteiger partial charge in [0.25, 0.3) is 0 Å². The third-order valence-corrected chi connectivity index (χ3v) is 4.20. The number of amides is 2. The van der Waals surface area contributed by atoms with Crippen LogP contribution in [0.25, 0.3) is 0 Å². The molecule has 19 heavy (non-hydrogen) atoms. The van der Waals surface area contributed by atoms with Crippen LogP contribution in [0.5, 0.6) is 0 Å². The van der Waals surface area contributed by atoms with Crippen LogP contribution in [0.1, 0.15) is 13.3 Å². The van der Waals surface area contributed by atoms with Gasteiger partial charge in [0, 0.05) is 26.7 Å². The van der Waals surface area contributed by atoms with E-state index in [0.717, 1.165) is 0 Å². The van der Waals surface area contributed by atoms with Gasteiger partial charge < -0.3 is 25.5 Å². The summed E-state index contributed by atoms with van der Waals surface area (Å²) in [6.45, 7) is 3.55. The molecule has 0 aliphatic carbocycles. The Labute approximate surface area is 112 Å². The second-order valence-corrected chi connectivity index (χ2v) is 5.39. The zero-order valence-corrected chi connectivity index (χ0v) is 11.4. The molecule has 2 fully saturated rings. The van der Waals surface area contributed by atoms with Crippen molar-refractivity contribution in [3.05, 3.63) is 0 Å². The van der Waals surface area contributed by atoms with Crippen LogP contribution in [0, 0.1) is 0 Å². The van der Waals surface area contributed by atoms with Crippen LogP contribution >= 0.6 is 0 Å². The number of rotatable bonds is 2. The standard InChI is InChI=1S/C12H23N3O4/c1-3-14(2)12(19)13-7-6-15-5-4-8(16)9(15)11(18)10(7)17/h7-11,16-18H,3-6H2,1-2H3,(H,13,19)/t7-,8-,9+,10+,11+/m0/s1. The van der Waals surface area contributed by atoms with E-state index in [9.17, 15) is 20.1 Å². The molecule has 5 atom stereocenters. The average Bonchev–Trinajstić information content (AvgIpc) is 2.75. The molecule has 7 nitrogen and oxygen atoms in total. The summed E-state index contributed by atoms with van der Waals surface area (Å²) in [7, 11) is 1.67. The summed E-state index contributed by atoms with van der Waals surface area (Å²) in [6, 6.07) is -1.21. The Bertz CT molecular complexity index is 341. The molecule has 110 valence electrons. The van der Waals surface area contributed by atoms with E-state index in [1.807, 2.05) is 11.8 Å². The van der Waals surface area contributed by atoms with Crippen LogP contribution < -0.4 is 5.32 Å². The monoisotopic (exact) mass is 273 g/mol. The zero-order valence-electron chi connectivity index (χ0n) is 11.4. The van der Waals surface area contributed by atoms with Crippen molar-refractivity contribution < 1.29 is 20.1 Å². The van der Waals surface area contributed by atoms with E-state index >= 15 is 0 Å². The zero-order chi connectivity index (χ0) is 14.2. The summed E-state index contributed by atoms with van der Waals surface area (Å²) in [4.78, 5) is 15.2. The first kappa shape index (κ1) is 14.5. The smallest absolute Gasteiger partial charge is 0.317 e. The van der Waals surface area contributed by atoms with E-state index in [4.69, 9.17) is 0 Å². The maximum absolute atomic E-state index is 11.8. The normalized spacial score (nSPS) is 38.9. The SMILES string of the molecule is CCN(C)C(=O)N[C@H]1CN2CC[C@H](O)[C@@H]2[C@@H](O)[C@@H]1O. The fraction of sp³-hybridized carbons (Fsp3) is 0.917. The van der Waals surface area contributed by atoms with Crippen LogP contribution in [0.4, 0.5) is 4.79 Å². The fourth-order valence-corrected chi connectivity index (χ4v) is 2.86. The first-order chi connectivity index (χ1) is 8.95. The van der Waals surface area contributed by atoms with Gasteiger partial charge in [-0.05, 0) is 13.3 Å². The van der Waals surface area contributed by atoms with Gasteiger partial charge >= 0.3 is 6.03 Å². The number of fused-ring (bicyclic) bond motifs is 1. The quantitative estimate of drug-likeness (QED) is 0.475. The minimum absolute atomic E-state index is 0.267. The van der Waals surface area contributed by atoms with E-state index in [2.05, 4.69) is 5.32 Å². The van der Waals surface area contributed by atoms with Crippen molar-refractivity contribution in [1.82, 2.24) is 15.1 Å². The van der Waals surface area contributed by atoms with Crippen molar-refractivity contribution >= 4 is 6.03 Å². The largest absolute Gasteiger partial charge is 0.391 e. The molecule has 0 spiro atoms. The predicted molar refractivity (Wildman–Crippen MR) is 68.6 cm³/mol. The van der Waals surface area contributed by atoms with E-state index in [0.29, 0.717) is 26.1 Å². The molecule has 2 amide bonds. The minimum Gasteiger partial charge on any atom is -0.391 e. The van der Waals surface area contributed by atoms with Gasteiger partial charge in [-0.1, -0.05) is 0 Å². The summed E-state index contributed by atoms with van der Waals surface area (Å²) < 4.78 is 0. The Morgan fingerprint density at radius 1 is 1.37 bits per heavy atom. The highest BCUT2D eigenvalue weighted by atomic mass is 16.3. The third kappa shape index (κ3) is 2.69. The maximum atomic E-state index is 11.8. The lowest BCUT2D eigenvalue weighted by molar-refractivity contribution is -0.0996. The highest BCUT2D eigenvalue weighted by Gasteiger charge is 2.48. The number of urea groups is 1. The van der Waals surface area contributed by atoms with E-state index < -0.39 is 30.4 Å². The van der Waals surface area contributed by atoms with Gasteiger partial charge in [0.1, 0.15) is 6.10 Å². The lowest BCUT2D eigenvalue weighted by Crippen LogP contribution is -2.66. The second-order valence-electron chi connectivity index (χ2n) is 5.39. The molecule has 0 unspecified atom stereocenters. The molecule has 2 aliphatic heterocycles. The molecule has 2 rings (SSSR count). The van der Waals surface area contributed by atoms with E-state index in [1.165, 1.54) is 4.90 Å². The molecule has 0 aromatic heterocycles. The van der Waals surface area contributed by atoms with Crippen molar-refractivity contribution in [1.29, 1.82) is 0 Å². The highest BCUT2D eigenvalue weighted by molar-refractivity contribution is 5.74. The molecule has 0 bridgehead atoms. The van der Waals surface area contributed by atoms with Gasteiger partial charge in [0.2, 0.25) is 0 Å². The number of nitrogens with zero attached hydrogens (tertiary/aromatic N) is 2. The highest BCUT2D eigenvalue weighted by Crippen LogP contribution is 2.28. The number of carbonyl (C=O) groups excluding carboxylic acids is 1. The second kappa shape index (κ2) is 5.62. The summed E-state index contributed by atoms with van der Waals surface area (Å²) in [6.07, 6.45) is -2.12. The Morgan fingerprint density at radius 3 is 2.68 bits per heavy atom. The third-order valence-electron chi connectivity index (χ3n) is 4.20. The molecular weight excluding hydrogens is 250 g/mol. The summed E-state index contributed by atoms with van der Waals surface area (Å²) in [5, 5.41) is 32.7. The average molecular weight is 273 g/mol. The van der Waals surface area contributed by atoms with Crippen LogP contribution in [-0.4, -0.2) is 88.2 Å². The van der Waals surface area contributed by atoms with E-state index in [1.54, 1.807) is 7.05 Å². The lowest BCUT2D eigenvalue weighted by Gasteiger charge is -2.43. The van der Waals surface area contributed by atoms with Crippen LogP contribution in [0.3, 0.4) is 0 Å². The predicted octanol–water partition coefficient (Wildman–Crippen LogP) is -1.81. The molecular formula is C12H23N3O4. The molecule has 0 aromatic carbocycles. The number of aliphatic hydroxyl groups is 3. The molecule has 4 N–H and O–H groups in total. The minimum atomic E-state index is -1.05. The molecule has 0 radical (unpaired) electrons. The number of piperidine rings is 1. The van der Waals surface area contributed by atoms with E-state index in [-0.39, 0.29) is 6.03 Å². The number of carbonyl (C=O) groups is 1. The van der Waals surface area contributed by atoms with Crippen LogP contribution in [0.15, 0.2) is 0 Å². The fourth-order valence-electron chi connectivity index (χ4n) is 2.86. The van der Waals surface area contributed by atoms with Crippen LogP contribution in [-0.2, 0) is 0 Å². The van der Waals surface area contributed by atoms with Crippen LogP contribution in [0.2, 0.25) is 0 Å². The molecule has 2 saturated heterocycles. The summed E-state index contributed by atoms with van der Waals surface area (Å²) >= 11 is 0. The number of hydrogen-bond acceptors (Lipinski definition) is 5. The van der Waals surface area contributed by atoms with Gasteiger partial charge in [-0.3, -0.25) is 4.90 Å². The maximum Gasteiger partial charge on any atom is 0.317 e. The Kier molecular flexibility index (Phi) is 4.29. The van der Waals surface area contributed by atoms with Gasteiger partial charge in [0.15, 0.2) is 0 Å². The Morgan fingerprint density at radius 2 is 2.05 bits per heavy atom. The first-order valence-electron chi connectivity index (χ1n) is 6.75. The lowest BCUT2D eigenvalue weighted by atomic mass is 9.91. The van der Waals surface area contributed by atoms with Gasteiger partial charge in [-0.2, -0.15) is 0 Å². The summed E-state index contributed by atoms with van der Waals surface area (Å²) in [5.74, 6) is 0. The number of hydrogen-bond donors (Lipinski definition) is 4. The number of aliphatic hydroxyl groups excluding tert-OH is 3. The molecule has 7 heteroatoms. The molecule has 2 aliphatic rings. The van der Waals surface area contributed by atoms with Gasteiger partial charge in [0.05, 0.1) is 24.3 Å². The van der Waals surface area contributed by atoms with Gasteiger partial charge in [-0.15, -0.1) is 0 Å². The van der Waals surface area contributed by atoms with Gasteiger partial charge in [-0.25, -0.2) is 4.79 Å². The van der Waals surface area contributed by atoms with Crippen molar-refractivity contribution in [2.45, 2.75) is 43.7 Å². The molecule has 2 heterocycles. The van der Waals surface area contributed by atoms with Crippen molar-refractivity contribution in [3.8, 4) is 0 Å². The van der Waals surface area contributed by atoms with Crippen molar-refractivity contribution in [2.24, 2.45) is 0 Å².